The van der Waals surface area contributed by atoms with E-state index in [0.717, 1.165) is 32.4 Å². The molecule has 0 aromatic heterocycles. The molecule has 0 saturated carbocycles. The second-order valence-electron chi connectivity index (χ2n) is 6.17. The largest absolute Gasteiger partial charge is 0.351 e. The minimum atomic E-state index is -3.41. The molecule has 1 amide bonds. The van der Waals surface area contributed by atoms with Crippen LogP contribution >= 0.6 is 11.6 Å². The molecular weight excluding hydrogens is 362 g/mol. The number of carbonyl (C=O) groups excluding carboxylic acids is 1. The molecule has 1 heterocycles. The van der Waals surface area contributed by atoms with Crippen LogP contribution in [0.15, 0.2) is 24.3 Å². The topological polar surface area (TPSA) is 78.5 Å². The van der Waals surface area contributed by atoms with Gasteiger partial charge in [0.1, 0.15) is 0 Å². The van der Waals surface area contributed by atoms with E-state index in [1.807, 2.05) is 6.92 Å². The zero-order valence-electron chi connectivity index (χ0n) is 14.5. The fourth-order valence-electron chi connectivity index (χ4n) is 3.01. The first kappa shape index (κ1) is 20.2. The third-order valence-corrected chi connectivity index (χ3v) is 6.40. The lowest BCUT2D eigenvalue weighted by Crippen LogP contribution is -2.48. The smallest absolute Gasteiger partial charge is 0.251 e. The van der Waals surface area contributed by atoms with Crippen LogP contribution in [0.2, 0.25) is 5.02 Å². The van der Waals surface area contributed by atoms with E-state index in [4.69, 9.17) is 11.6 Å². The number of halogens is 1. The molecule has 8 heteroatoms. The molecule has 0 bridgehead atoms. The molecule has 0 spiro atoms. The standard InChI is InChI=1S/C17H26ClN3O3S/c1-2-11-21(16-6-8-19-9-7-16)25(23,24)12-10-20-17(22)14-4-3-5-15(18)13-14/h3-5,13,16,19H,2,6-12H2,1H3,(H,20,22). The average molecular weight is 388 g/mol. The number of rotatable bonds is 8. The lowest BCUT2D eigenvalue weighted by atomic mass is 10.1. The molecule has 0 unspecified atom stereocenters. The number of benzene rings is 1. The molecule has 0 radical (unpaired) electrons. The first-order valence-corrected chi connectivity index (χ1v) is 10.7. The molecule has 1 aromatic carbocycles. The normalized spacial score (nSPS) is 16.1. The Morgan fingerprint density at radius 1 is 1.36 bits per heavy atom. The van der Waals surface area contributed by atoms with Gasteiger partial charge < -0.3 is 10.6 Å². The van der Waals surface area contributed by atoms with Crippen LogP contribution in [0.1, 0.15) is 36.5 Å². The lowest BCUT2D eigenvalue weighted by molar-refractivity contribution is 0.0956. The summed E-state index contributed by atoms with van der Waals surface area (Å²) in [6.07, 6.45) is 2.43. The Balaban J connectivity index is 1.93. The lowest BCUT2D eigenvalue weighted by Gasteiger charge is -2.33. The molecule has 140 valence electrons. The van der Waals surface area contributed by atoms with Gasteiger partial charge in [0.05, 0.1) is 5.75 Å². The van der Waals surface area contributed by atoms with Gasteiger partial charge in [-0.2, -0.15) is 4.31 Å². The van der Waals surface area contributed by atoms with Crippen molar-refractivity contribution in [1.29, 1.82) is 0 Å². The molecule has 2 rings (SSSR count). The maximum atomic E-state index is 12.7. The van der Waals surface area contributed by atoms with Crippen molar-refractivity contribution in [2.75, 3.05) is 31.9 Å². The van der Waals surface area contributed by atoms with Crippen LogP contribution in [0, 0.1) is 0 Å². The van der Waals surface area contributed by atoms with Crippen molar-refractivity contribution in [3.63, 3.8) is 0 Å². The zero-order valence-corrected chi connectivity index (χ0v) is 16.1. The van der Waals surface area contributed by atoms with Gasteiger partial charge >= 0.3 is 0 Å². The van der Waals surface area contributed by atoms with Crippen molar-refractivity contribution < 1.29 is 13.2 Å². The third-order valence-electron chi connectivity index (χ3n) is 4.25. The minimum Gasteiger partial charge on any atom is -0.351 e. The fourth-order valence-corrected chi connectivity index (χ4v) is 4.92. The van der Waals surface area contributed by atoms with Crippen molar-refractivity contribution in [2.45, 2.75) is 32.2 Å². The van der Waals surface area contributed by atoms with E-state index in [2.05, 4.69) is 10.6 Å². The summed E-state index contributed by atoms with van der Waals surface area (Å²) in [4.78, 5) is 12.1. The SMILES string of the molecule is CCCN(C1CCNCC1)S(=O)(=O)CCNC(=O)c1cccc(Cl)c1. The van der Waals surface area contributed by atoms with Crippen LogP contribution < -0.4 is 10.6 Å². The van der Waals surface area contributed by atoms with Crippen LogP contribution in [0.4, 0.5) is 0 Å². The monoisotopic (exact) mass is 387 g/mol. The van der Waals surface area contributed by atoms with Gasteiger partial charge in [0.15, 0.2) is 0 Å². The first-order valence-electron chi connectivity index (χ1n) is 8.68. The first-order chi connectivity index (χ1) is 11.9. The highest BCUT2D eigenvalue weighted by Crippen LogP contribution is 2.17. The number of hydrogen-bond donors (Lipinski definition) is 2. The number of sulfonamides is 1. The van der Waals surface area contributed by atoms with Gasteiger partial charge in [-0.15, -0.1) is 0 Å². The predicted molar refractivity (Wildman–Crippen MR) is 100 cm³/mol. The van der Waals surface area contributed by atoms with Crippen molar-refractivity contribution in [2.24, 2.45) is 0 Å². The Morgan fingerprint density at radius 2 is 2.08 bits per heavy atom. The van der Waals surface area contributed by atoms with Crippen LogP contribution in [0.3, 0.4) is 0 Å². The van der Waals surface area contributed by atoms with E-state index < -0.39 is 10.0 Å². The van der Waals surface area contributed by atoms with E-state index in [0.29, 0.717) is 17.1 Å². The predicted octanol–water partition coefficient (Wildman–Crippen LogP) is 1.86. The summed E-state index contributed by atoms with van der Waals surface area (Å²) in [5, 5.41) is 6.39. The Kier molecular flexibility index (Phi) is 7.68. The summed E-state index contributed by atoms with van der Waals surface area (Å²) in [7, 11) is -3.41. The summed E-state index contributed by atoms with van der Waals surface area (Å²) in [5.74, 6) is -0.412. The Labute approximate surface area is 155 Å². The van der Waals surface area contributed by atoms with Gasteiger partial charge in [0, 0.05) is 29.7 Å². The van der Waals surface area contributed by atoms with Gasteiger partial charge in [0.2, 0.25) is 10.0 Å². The molecule has 2 N–H and O–H groups in total. The molecule has 0 aliphatic carbocycles. The molecule has 0 atom stereocenters. The summed E-state index contributed by atoms with van der Waals surface area (Å²) < 4.78 is 27.1. The van der Waals surface area contributed by atoms with Gasteiger partial charge in [0.25, 0.3) is 5.91 Å². The second-order valence-corrected chi connectivity index (χ2v) is 8.65. The molecular formula is C17H26ClN3O3S. The highest BCUT2D eigenvalue weighted by Gasteiger charge is 2.30. The van der Waals surface area contributed by atoms with Crippen LogP contribution in [0.25, 0.3) is 0 Å². The van der Waals surface area contributed by atoms with Crippen LogP contribution in [-0.2, 0) is 10.0 Å². The van der Waals surface area contributed by atoms with Gasteiger partial charge in [-0.3, -0.25) is 4.79 Å². The Morgan fingerprint density at radius 3 is 2.72 bits per heavy atom. The minimum absolute atomic E-state index is 0.0508. The fraction of sp³-hybridized carbons (Fsp3) is 0.588. The number of piperidine rings is 1. The van der Waals surface area contributed by atoms with E-state index in [1.54, 1.807) is 28.6 Å². The Bertz CT molecular complexity index is 675. The van der Waals surface area contributed by atoms with E-state index in [1.165, 1.54) is 0 Å². The van der Waals surface area contributed by atoms with Crippen molar-refractivity contribution in [1.82, 2.24) is 14.9 Å². The summed E-state index contributed by atoms with van der Waals surface area (Å²) >= 11 is 5.87. The molecule has 1 aliphatic rings. The molecule has 1 aromatic rings. The number of nitrogens with zero attached hydrogens (tertiary/aromatic N) is 1. The molecule has 25 heavy (non-hydrogen) atoms. The van der Waals surface area contributed by atoms with Crippen molar-refractivity contribution in [3.8, 4) is 0 Å². The third kappa shape index (κ3) is 5.95. The average Bonchev–Trinajstić information content (AvgIpc) is 2.60. The maximum absolute atomic E-state index is 12.7. The Hall–Kier alpha value is -1.15. The number of hydrogen-bond acceptors (Lipinski definition) is 4. The molecule has 1 aliphatic heterocycles. The second kappa shape index (κ2) is 9.52. The van der Waals surface area contributed by atoms with E-state index in [-0.39, 0.29) is 24.2 Å². The van der Waals surface area contributed by atoms with E-state index in [9.17, 15) is 13.2 Å². The highest BCUT2D eigenvalue weighted by molar-refractivity contribution is 7.89. The quantitative estimate of drug-likeness (QED) is 0.713. The summed E-state index contributed by atoms with van der Waals surface area (Å²) in [6, 6.07) is 6.63. The number of nitrogens with one attached hydrogen (secondary N) is 2. The van der Waals surface area contributed by atoms with Crippen molar-refractivity contribution >= 4 is 27.5 Å². The number of carbonyl (C=O) groups is 1. The van der Waals surface area contributed by atoms with Crippen molar-refractivity contribution in [3.05, 3.63) is 34.9 Å². The summed E-state index contributed by atoms with van der Waals surface area (Å²) in [6.45, 7) is 4.26. The molecule has 1 fully saturated rings. The summed E-state index contributed by atoms with van der Waals surface area (Å²) in [5.41, 5.74) is 0.425. The number of amides is 1. The van der Waals surface area contributed by atoms with Crippen LogP contribution in [-0.4, -0.2) is 56.6 Å². The van der Waals surface area contributed by atoms with E-state index >= 15 is 0 Å². The highest BCUT2D eigenvalue weighted by atomic mass is 35.5. The van der Waals surface area contributed by atoms with Gasteiger partial charge in [-0.1, -0.05) is 24.6 Å². The van der Waals surface area contributed by atoms with Gasteiger partial charge in [-0.25, -0.2) is 8.42 Å². The molecule has 1 saturated heterocycles. The maximum Gasteiger partial charge on any atom is 0.251 e. The molecule has 6 nitrogen and oxygen atoms in total. The van der Waals surface area contributed by atoms with Gasteiger partial charge in [-0.05, 0) is 50.6 Å². The zero-order chi connectivity index (χ0) is 18.3. The van der Waals surface area contributed by atoms with Crippen LogP contribution in [0.5, 0.6) is 0 Å².